The number of rotatable bonds is 2. The van der Waals surface area contributed by atoms with Crippen LogP contribution in [0.3, 0.4) is 0 Å². The summed E-state index contributed by atoms with van der Waals surface area (Å²) in [4.78, 5) is 12.9. The van der Waals surface area contributed by atoms with Crippen LogP contribution in [0.4, 0.5) is 9.18 Å². The summed E-state index contributed by atoms with van der Waals surface area (Å²) in [5, 5.41) is 0. The normalized spacial score (nSPS) is 21.6. The summed E-state index contributed by atoms with van der Waals surface area (Å²) in [6.07, 6.45) is -1.66. The fourth-order valence-electron chi connectivity index (χ4n) is 1.75. The zero-order valence-corrected chi connectivity index (χ0v) is 11.4. The standard InChI is InChI=1S/C12H15FN2O2.C2H6/c13-10-6-15(7-11(10)14)12(16)17-8-9-4-2-1-3-5-9;1-2/h1-5,10-11H,6-8,14H2;1-2H3/t10?,11-;/m0./s1. The third kappa shape index (κ3) is 4.52. The highest BCUT2D eigenvalue weighted by Gasteiger charge is 2.33. The Bertz CT molecular complexity index is 376. The first-order valence-corrected chi connectivity index (χ1v) is 6.52. The summed E-state index contributed by atoms with van der Waals surface area (Å²) in [5.74, 6) is 0. The van der Waals surface area contributed by atoms with Gasteiger partial charge < -0.3 is 15.4 Å². The zero-order chi connectivity index (χ0) is 14.3. The van der Waals surface area contributed by atoms with Gasteiger partial charge in [-0.3, -0.25) is 0 Å². The summed E-state index contributed by atoms with van der Waals surface area (Å²) >= 11 is 0. The van der Waals surface area contributed by atoms with Gasteiger partial charge in [-0.15, -0.1) is 0 Å². The molecule has 0 spiro atoms. The largest absolute Gasteiger partial charge is 0.445 e. The minimum Gasteiger partial charge on any atom is -0.445 e. The molecular formula is C14H21FN2O2. The van der Waals surface area contributed by atoms with Crippen molar-refractivity contribution in [3.05, 3.63) is 35.9 Å². The van der Waals surface area contributed by atoms with Crippen molar-refractivity contribution in [1.82, 2.24) is 4.90 Å². The van der Waals surface area contributed by atoms with Crippen molar-refractivity contribution in [2.75, 3.05) is 13.1 Å². The van der Waals surface area contributed by atoms with E-state index in [0.29, 0.717) is 0 Å². The summed E-state index contributed by atoms with van der Waals surface area (Å²) in [6.45, 7) is 4.44. The van der Waals surface area contributed by atoms with Crippen LogP contribution in [0.1, 0.15) is 19.4 Å². The lowest BCUT2D eigenvalue weighted by atomic mass is 10.2. The molecule has 0 radical (unpaired) electrons. The molecule has 1 aliphatic heterocycles. The highest BCUT2D eigenvalue weighted by atomic mass is 19.1. The van der Waals surface area contributed by atoms with E-state index in [1.807, 2.05) is 44.2 Å². The van der Waals surface area contributed by atoms with Crippen molar-refractivity contribution in [2.24, 2.45) is 5.73 Å². The van der Waals surface area contributed by atoms with E-state index in [0.717, 1.165) is 5.56 Å². The number of hydrogen-bond donors (Lipinski definition) is 1. The Kier molecular flexibility index (Phi) is 6.29. The molecule has 1 unspecified atom stereocenters. The maximum absolute atomic E-state index is 13.1. The lowest BCUT2D eigenvalue weighted by molar-refractivity contribution is 0.102. The summed E-state index contributed by atoms with van der Waals surface area (Å²) in [7, 11) is 0. The number of carbonyl (C=O) groups is 1. The number of nitrogens with zero attached hydrogens (tertiary/aromatic N) is 1. The number of benzene rings is 1. The first kappa shape index (κ1) is 15.4. The summed E-state index contributed by atoms with van der Waals surface area (Å²) < 4.78 is 18.2. The van der Waals surface area contributed by atoms with E-state index in [1.165, 1.54) is 4.90 Å². The van der Waals surface area contributed by atoms with Crippen molar-refractivity contribution < 1.29 is 13.9 Å². The van der Waals surface area contributed by atoms with Crippen LogP contribution in [0.2, 0.25) is 0 Å². The van der Waals surface area contributed by atoms with Gasteiger partial charge in [-0.25, -0.2) is 9.18 Å². The number of hydrogen-bond acceptors (Lipinski definition) is 3. The van der Waals surface area contributed by atoms with Gasteiger partial charge in [0.25, 0.3) is 0 Å². The quantitative estimate of drug-likeness (QED) is 0.895. The molecule has 2 rings (SSSR count). The molecule has 1 fully saturated rings. The van der Waals surface area contributed by atoms with E-state index in [4.69, 9.17) is 10.5 Å². The van der Waals surface area contributed by atoms with Gasteiger partial charge in [0.15, 0.2) is 0 Å². The van der Waals surface area contributed by atoms with Crippen LogP contribution in [0.25, 0.3) is 0 Å². The third-order valence-corrected chi connectivity index (χ3v) is 2.75. The van der Waals surface area contributed by atoms with Crippen molar-refractivity contribution in [2.45, 2.75) is 32.7 Å². The van der Waals surface area contributed by atoms with Crippen LogP contribution < -0.4 is 5.73 Å². The van der Waals surface area contributed by atoms with E-state index >= 15 is 0 Å². The van der Waals surface area contributed by atoms with Crippen LogP contribution in [0.5, 0.6) is 0 Å². The molecule has 2 N–H and O–H groups in total. The lowest BCUT2D eigenvalue weighted by Gasteiger charge is -2.15. The molecule has 0 bridgehead atoms. The predicted octanol–water partition coefficient (Wildman–Crippen LogP) is 2.33. The SMILES string of the molecule is CC.N[C@H]1CN(C(=O)OCc2ccccc2)CC1F. The number of carbonyl (C=O) groups excluding carboxylic acids is 1. The first-order chi connectivity index (χ1) is 9.16. The number of ether oxygens (including phenoxy) is 1. The minimum atomic E-state index is -1.15. The molecule has 4 nitrogen and oxygen atoms in total. The van der Waals surface area contributed by atoms with Crippen molar-refractivity contribution in [1.29, 1.82) is 0 Å². The average Bonchev–Trinajstić information content (AvgIpc) is 2.79. The van der Waals surface area contributed by atoms with E-state index in [9.17, 15) is 9.18 Å². The number of amides is 1. The highest BCUT2D eigenvalue weighted by molar-refractivity contribution is 5.68. The van der Waals surface area contributed by atoms with Crippen molar-refractivity contribution in [3.8, 4) is 0 Å². The molecule has 1 amide bonds. The van der Waals surface area contributed by atoms with Gasteiger partial charge in [-0.2, -0.15) is 0 Å². The second-order valence-electron chi connectivity index (χ2n) is 4.13. The van der Waals surface area contributed by atoms with Gasteiger partial charge >= 0.3 is 6.09 Å². The second kappa shape index (κ2) is 7.74. The van der Waals surface area contributed by atoms with E-state index in [-0.39, 0.29) is 19.7 Å². The van der Waals surface area contributed by atoms with Gasteiger partial charge in [0.2, 0.25) is 0 Å². The maximum Gasteiger partial charge on any atom is 0.410 e. The first-order valence-electron chi connectivity index (χ1n) is 6.52. The summed E-state index contributed by atoms with van der Waals surface area (Å²) in [6, 6.07) is 8.75. The Hall–Kier alpha value is -1.62. The van der Waals surface area contributed by atoms with Crippen molar-refractivity contribution in [3.63, 3.8) is 0 Å². The molecule has 106 valence electrons. The molecule has 5 heteroatoms. The van der Waals surface area contributed by atoms with Crippen LogP contribution in [0, 0.1) is 0 Å². The molecule has 2 atom stereocenters. The van der Waals surface area contributed by atoms with Gasteiger partial charge in [0.05, 0.1) is 12.6 Å². The van der Waals surface area contributed by atoms with E-state index < -0.39 is 18.3 Å². The molecule has 0 aliphatic carbocycles. The molecule has 1 aliphatic rings. The van der Waals surface area contributed by atoms with Gasteiger partial charge in [-0.1, -0.05) is 44.2 Å². The Morgan fingerprint density at radius 1 is 1.37 bits per heavy atom. The monoisotopic (exact) mass is 268 g/mol. The molecular weight excluding hydrogens is 247 g/mol. The van der Waals surface area contributed by atoms with E-state index in [2.05, 4.69) is 0 Å². The van der Waals surface area contributed by atoms with Gasteiger partial charge in [0.1, 0.15) is 12.8 Å². The molecule has 1 saturated heterocycles. The number of halogens is 1. The average molecular weight is 268 g/mol. The van der Waals surface area contributed by atoms with Gasteiger partial charge in [0, 0.05) is 6.54 Å². The molecule has 0 saturated carbocycles. The zero-order valence-electron chi connectivity index (χ0n) is 11.4. The van der Waals surface area contributed by atoms with Crippen LogP contribution in [-0.4, -0.2) is 36.3 Å². The molecule has 19 heavy (non-hydrogen) atoms. The number of nitrogens with two attached hydrogens (primary N) is 1. The lowest BCUT2D eigenvalue weighted by Crippen LogP contribution is -2.32. The fourth-order valence-corrected chi connectivity index (χ4v) is 1.75. The maximum atomic E-state index is 13.1. The third-order valence-electron chi connectivity index (χ3n) is 2.75. The number of likely N-dealkylation sites (tertiary alicyclic amines) is 1. The summed E-state index contributed by atoms with van der Waals surface area (Å²) in [5.41, 5.74) is 6.39. The minimum absolute atomic E-state index is 0.0226. The van der Waals surface area contributed by atoms with Gasteiger partial charge in [-0.05, 0) is 5.56 Å². The van der Waals surface area contributed by atoms with Crippen molar-refractivity contribution >= 4 is 6.09 Å². The smallest absolute Gasteiger partial charge is 0.410 e. The van der Waals surface area contributed by atoms with E-state index in [1.54, 1.807) is 0 Å². The highest BCUT2D eigenvalue weighted by Crippen LogP contribution is 2.13. The second-order valence-corrected chi connectivity index (χ2v) is 4.13. The Morgan fingerprint density at radius 2 is 2.00 bits per heavy atom. The van der Waals surface area contributed by atoms with Crippen LogP contribution >= 0.6 is 0 Å². The van der Waals surface area contributed by atoms with Crippen LogP contribution in [0.15, 0.2) is 30.3 Å². The Labute approximate surface area is 113 Å². The number of alkyl halides is 1. The topological polar surface area (TPSA) is 55.6 Å². The molecule has 1 aromatic rings. The Balaban J connectivity index is 0.000000861. The van der Waals surface area contributed by atoms with Crippen LogP contribution in [-0.2, 0) is 11.3 Å². The molecule has 1 aromatic carbocycles. The molecule has 0 aromatic heterocycles. The molecule has 1 heterocycles. The Morgan fingerprint density at radius 3 is 2.53 bits per heavy atom. The fraction of sp³-hybridized carbons (Fsp3) is 0.500. The predicted molar refractivity (Wildman–Crippen MR) is 72.4 cm³/mol.